The number of anilines is 1. The van der Waals surface area contributed by atoms with E-state index in [0.29, 0.717) is 37.2 Å². The van der Waals surface area contributed by atoms with Crippen molar-refractivity contribution in [3.8, 4) is 11.6 Å². The van der Waals surface area contributed by atoms with Crippen molar-refractivity contribution in [1.82, 2.24) is 9.97 Å². The van der Waals surface area contributed by atoms with Gasteiger partial charge >= 0.3 is 17.5 Å². The van der Waals surface area contributed by atoms with E-state index in [4.69, 9.17) is 15.6 Å². The predicted molar refractivity (Wildman–Crippen MR) is 101 cm³/mol. The third-order valence-corrected chi connectivity index (χ3v) is 4.61. The maximum absolute atomic E-state index is 11.7. The molecule has 0 atom stereocenters. The summed E-state index contributed by atoms with van der Waals surface area (Å²) in [4.78, 5) is 42.8. The van der Waals surface area contributed by atoms with Crippen molar-refractivity contribution < 1.29 is 24.4 Å². The molecule has 0 aliphatic carbocycles. The van der Waals surface area contributed by atoms with Gasteiger partial charge in [-0.1, -0.05) is 12.1 Å². The van der Waals surface area contributed by atoms with Gasteiger partial charge in [0.1, 0.15) is 12.1 Å². The molecule has 1 fully saturated rings. The maximum Gasteiger partial charge on any atom is 0.373 e. The number of nitrogens with two attached hydrogens (primary N) is 1. The third-order valence-electron chi connectivity index (χ3n) is 4.61. The molecule has 11 heteroatoms. The molecule has 3 N–H and O–H groups in total. The smallest absolute Gasteiger partial charge is 0.373 e. The first kappa shape index (κ1) is 20.0. The number of carboxylic acids is 1. The lowest BCUT2D eigenvalue weighted by atomic mass is 9.97. The molecular weight excluding hydrogens is 382 g/mol. The molecule has 0 spiro atoms. The van der Waals surface area contributed by atoms with E-state index in [9.17, 15) is 19.7 Å². The van der Waals surface area contributed by atoms with Crippen molar-refractivity contribution in [2.24, 2.45) is 11.7 Å². The molecule has 0 bridgehead atoms. The van der Waals surface area contributed by atoms with Gasteiger partial charge in [0, 0.05) is 13.1 Å². The highest BCUT2D eigenvalue weighted by Gasteiger charge is 2.32. The minimum absolute atomic E-state index is 0.0738. The largest absolute Gasteiger partial charge is 0.481 e. The van der Waals surface area contributed by atoms with Crippen LogP contribution < -0.4 is 15.4 Å². The number of rotatable bonds is 7. The van der Waals surface area contributed by atoms with Gasteiger partial charge in [0.25, 0.3) is 0 Å². The number of aliphatic carboxylic acids is 1. The maximum atomic E-state index is 11.7. The molecule has 0 saturated carbocycles. The third kappa shape index (κ3) is 4.75. The molecule has 152 valence electrons. The number of ether oxygens (including phenoxy) is 1. The standard InChI is InChI=1S/C18H19N5O6/c19-14(24)9-11-1-3-13(4-2-11)29-17-15(23(27)28)16(20-10-21-17)22-7-5-12(6-8-22)18(25)26/h1-4,10,12H,5-9H2,(H2,19,24)(H,25,26). The topological polar surface area (TPSA) is 162 Å². The van der Waals surface area contributed by atoms with E-state index in [1.807, 2.05) is 0 Å². The second-order valence-electron chi connectivity index (χ2n) is 6.60. The van der Waals surface area contributed by atoms with Crippen LogP contribution in [0, 0.1) is 16.0 Å². The van der Waals surface area contributed by atoms with Crippen LogP contribution in [0.5, 0.6) is 11.6 Å². The lowest BCUT2D eigenvalue weighted by molar-refractivity contribution is -0.385. The molecule has 1 aromatic carbocycles. The first-order chi connectivity index (χ1) is 13.8. The van der Waals surface area contributed by atoms with E-state index in [2.05, 4.69) is 9.97 Å². The second-order valence-corrected chi connectivity index (χ2v) is 6.60. The fourth-order valence-corrected chi connectivity index (χ4v) is 3.15. The predicted octanol–water partition coefficient (Wildman–Crippen LogP) is 1.51. The Hall–Kier alpha value is -3.76. The number of aromatic nitrogens is 2. The zero-order valence-electron chi connectivity index (χ0n) is 15.4. The number of hydrogen-bond donors (Lipinski definition) is 2. The van der Waals surface area contributed by atoms with Crippen molar-refractivity contribution in [2.75, 3.05) is 18.0 Å². The number of piperidine rings is 1. The van der Waals surface area contributed by atoms with Gasteiger partial charge in [-0.05, 0) is 30.5 Å². The Morgan fingerprint density at radius 1 is 1.24 bits per heavy atom. The van der Waals surface area contributed by atoms with E-state index in [-0.39, 0.29) is 23.8 Å². The number of carboxylic acid groups (broad SMARTS) is 1. The van der Waals surface area contributed by atoms with Crippen LogP contribution in [0.15, 0.2) is 30.6 Å². The molecule has 2 heterocycles. The number of benzene rings is 1. The van der Waals surface area contributed by atoms with Gasteiger partial charge in [-0.15, -0.1) is 0 Å². The summed E-state index contributed by atoms with van der Waals surface area (Å²) in [6, 6.07) is 6.37. The molecule has 1 saturated heterocycles. The number of carbonyl (C=O) groups is 2. The van der Waals surface area contributed by atoms with Gasteiger partial charge in [0.15, 0.2) is 0 Å². The molecule has 1 aliphatic heterocycles. The lowest BCUT2D eigenvalue weighted by Crippen LogP contribution is -2.37. The van der Waals surface area contributed by atoms with Crippen LogP contribution in [0.25, 0.3) is 0 Å². The Morgan fingerprint density at radius 2 is 1.90 bits per heavy atom. The van der Waals surface area contributed by atoms with E-state index >= 15 is 0 Å². The molecule has 1 aliphatic rings. The Balaban J connectivity index is 1.83. The molecule has 1 amide bonds. The average Bonchev–Trinajstić information content (AvgIpc) is 2.69. The number of carbonyl (C=O) groups excluding carboxylic acids is 1. The van der Waals surface area contributed by atoms with Gasteiger partial charge in [-0.2, -0.15) is 4.98 Å². The van der Waals surface area contributed by atoms with Crippen molar-refractivity contribution >= 4 is 23.4 Å². The fraction of sp³-hybridized carbons (Fsp3) is 0.333. The first-order valence-electron chi connectivity index (χ1n) is 8.87. The van der Waals surface area contributed by atoms with E-state index in [1.54, 1.807) is 29.2 Å². The zero-order chi connectivity index (χ0) is 21.0. The van der Waals surface area contributed by atoms with Gasteiger partial charge in [0.2, 0.25) is 11.7 Å². The highest BCUT2D eigenvalue weighted by Crippen LogP contribution is 2.37. The molecule has 29 heavy (non-hydrogen) atoms. The molecule has 2 aromatic rings. The zero-order valence-corrected chi connectivity index (χ0v) is 15.4. The van der Waals surface area contributed by atoms with Gasteiger partial charge in [0.05, 0.1) is 17.3 Å². The summed E-state index contributed by atoms with van der Waals surface area (Å²) in [5.41, 5.74) is 5.45. The first-order valence-corrected chi connectivity index (χ1v) is 8.87. The summed E-state index contributed by atoms with van der Waals surface area (Å²) in [5.74, 6) is -1.64. The van der Waals surface area contributed by atoms with Crippen LogP contribution in [0.1, 0.15) is 18.4 Å². The van der Waals surface area contributed by atoms with Crippen LogP contribution in [0.4, 0.5) is 11.5 Å². The molecule has 1 aromatic heterocycles. The molecular formula is C18H19N5O6. The Bertz CT molecular complexity index is 925. The summed E-state index contributed by atoms with van der Waals surface area (Å²) in [5, 5.41) is 20.8. The number of primary amides is 1. The number of hydrogen-bond acceptors (Lipinski definition) is 8. The van der Waals surface area contributed by atoms with Gasteiger partial charge in [-0.25, -0.2) is 4.98 Å². The quantitative estimate of drug-likeness (QED) is 0.517. The van der Waals surface area contributed by atoms with E-state index < -0.39 is 22.7 Å². The average molecular weight is 401 g/mol. The Labute approximate surface area is 165 Å². The van der Waals surface area contributed by atoms with Gasteiger partial charge in [-0.3, -0.25) is 19.7 Å². The van der Waals surface area contributed by atoms with Crippen molar-refractivity contribution in [1.29, 1.82) is 0 Å². The molecule has 0 radical (unpaired) electrons. The second kappa shape index (κ2) is 8.50. The number of amides is 1. The molecule has 3 rings (SSSR count). The van der Waals surface area contributed by atoms with E-state index in [0.717, 1.165) is 0 Å². The SMILES string of the molecule is NC(=O)Cc1ccc(Oc2ncnc(N3CCC(C(=O)O)CC3)c2[N+](=O)[O-])cc1. The summed E-state index contributed by atoms with van der Waals surface area (Å²) < 4.78 is 5.59. The number of nitro groups is 1. The minimum Gasteiger partial charge on any atom is -0.481 e. The summed E-state index contributed by atoms with van der Waals surface area (Å²) in [6.07, 6.45) is 1.98. The highest BCUT2D eigenvalue weighted by molar-refractivity contribution is 5.76. The Kier molecular flexibility index (Phi) is 5.86. The van der Waals surface area contributed by atoms with Gasteiger partial charge < -0.3 is 20.5 Å². The summed E-state index contributed by atoms with van der Waals surface area (Å²) in [7, 11) is 0. The van der Waals surface area contributed by atoms with E-state index in [1.165, 1.54) is 6.33 Å². The highest BCUT2D eigenvalue weighted by atomic mass is 16.6. The van der Waals surface area contributed by atoms with Crippen molar-refractivity contribution in [3.63, 3.8) is 0 Å². The van der Waals surface area contributed by atoms with Crippen LogP contribution in [0.2, 0.25) is 0 Å². The summed E-state index contributed by atoms with van der Waals surface area (Å²) >= 11 is 0. The van der Waals surface area contributed by atoms with Crippen LogP contribution in [-0.4, -0.2) is 45.0 Å². The fourth-order valence-electron chi connectivity index (χ4n) is 3.15. The lowest BCUT2D eigenvalue weighted by Gasteiger charge is -2.30. The monoisotopic (exact) mass is 401 g/mol. The van der Waals surface area contributed by atoms with Crippen molar-refractivity contribution in [2.45, 2.75) is 19.3 Å². The molecule has 0 unspecified atom stereocenters. The number of nitrogens with zero attached hydrogens (tertiary/aromatic N) is 4. The van der Waals surface area contributed by atoms with Crippen molar-refractivity contribution in [3.05, 3.63) is 46.3 Å². The normalized spacial score (nSPS) is 14.4. The van der Waals surface area contributed by atoms with Crippen LogP contribution in [0.3, 0.4) is 0 Å². The summed E-state index contributed by atoms with van der Waals surface area (Å²) in [6.45, 7) is 0.659. The minimum atomic E-state index is -0.870. The van der Waals surface area contributed by atoms with Crippen LogP contribution >= 0.6 is 0 Å². The van der Waals surface area contributed by atoms with Crippen LogP contribution in [-0.2, 0) is 16.0 Å². The Morgan fingerprint density at radius 3 is 2.45 bits per heavy atom. The molecule has 11 nitrogen and oxygen atoms in total.